The van der Waals surface area contributed by atoms with E-state index in [-0.39, 0.29) is 0 Å². The summed E-state index contributed by atoms with van der Waals surface area (Å²) in [5.41, 5.74) is 1.97. The van der Waals surface area contributed by atoms with Gasteiger partial charge < -0.3 is 15.4 Å². The van der Waals surface area contributed by atoms with Crippen molar-refractivity contribution in [1.29, 1.82) is 0 Å². The molecule has 0 aliphatic carbocycles. The molecule has 0 radical (unpaired) electrons. The van der Waals surface area contributed by atoms with Crippen LogP contribution < -0.4 is 15.4 Å². The molecule has 0 aliphatic heterocycles. The summed E-state index contributed by atoms with van der Waals surface area (Å²) in [6, 6.07) is 5.70. The summed E-state index contributed by atoms with van der Waals surface area (Å²) >= 11 is 0. The number of methoxy groups -OCH3 is 1. The molecule has 2 rings (SSSR count). The predicted molar refractivity (Wildman–Crippen MR) is 74.4 cm³/mol. The Balaban J connectivity index is 2.03. The van der Waals surface area contributed by atoms with E-state index >= 15 is 0 Å². The van der Waals surface area contributed by atoms with Crippen molar-refractivity contribution in [2.75, 3.05) is 24.8 Å². The first-order chi connectivity index (χ1) is 9.21. The van der Waals surface area contributed by atoms with E-state index in [4.69, 9.17) is 4.74 Å². The van der Waals surface area contributed by atoms with Crippen molar-refractivity contribution in [3.05, 3.63) is 35.7 Å². The van der Waals surface area contributed by atoms with Crippen LogP contribution in [0.15, 0.2) is 24.4 Å². The van der Waals surface area contributed by atoms with Crippen LogP contribution in [0.1, 0.15) is 11.3 Å². The van der Waals surface area contributed by atoms with Gasteiger partial charge in [-0.05, 0) is 12.5 Å². The van der Waals surface area contributed by atoms with E-state index in [1.807, 2.05) is 25.1 Å². The van der Waals surface area contributed by atoms with Crippen molar-refractivity contribution in [2.24, 2.45) is 0 Å². The number of hydrogen-bond acceptors (Lipinski definition) is 6. The van der Waals surface area contributed by atoms with Gasteiger partial charge in [0.1, 0.15) is 5.82 Å². The van der Waals surface area contributed by atoms with E-state index in [0.717, 1.165) is 17.1 Å². The van der Waals surface area contributed by atoms with Crippen molar-refractivity contribution in [3.63, 3.8) is 0 Å². The Morgan fingerprint density at radius 2 is 2.11 bits per heavy atom. The highest BCUT2D eigenvalue weighted by atomic mass is 16.5. The van der Waals surface area contributed by atoms with Crippen molar-refractivity contribution < 1.29 is 4.74 Å². The minimum absolute atomic E-state index is 0.607. The summed E-state index contributed by atoms with van der Waals surface area (Å²) in [5.74, 6) is 2.00. The number of ether oxygens (including phenoxy) is 1. The first-order valence-electron chi connectivity index (χ1n) is 5.97. The third-order valence-electron chi connectivity index (χ3n) is 2.56. The minimum atomic E-state index is 0.607. The molecule has 2 N–H and O–H groups in total. The number of anilines is 2. The van der Waals surface area contributed by atoms with E-state index < -0.39 is 0 Å². The van der Waals surface area contributed by atoms with Crippen LogP contribution in [0.2, 0.25) is 0 Å². The number of pyridine rings is 1. The Morgan fingerprint density at radius 3 is 2.74 bits per heavy atom. The van der Waals surface area contributed by atoms with Gasteiger partial charge in [0.2, 0.25) is 11.8 Å². The molecule has 2 aromatic heterocycles. The fourth-order valence-corrected chi connectivity index (χ4v) is 1.60. The average molecular weight is 259 g/mol. The summed E-state index contributed by atoms with van der Waals surface area (Å²) in [6.45, 7) is 2.58. The van der Waals surface area contributed by atoms with Crippen molar-refractivity contribution >= 4 is 11.8 Å². The summed E-state index contributed by atoms with van der Waals surface area (Å²) in [7, 11) is 3.40. The molecule has 0 aromatic carbocycles. The maximum Gasteiger partial charge on any atom is 0.224 e. The molecule has 0 fully saturated rings. The van der Waals surface area contributed by atoms with E-state index in [0.29, 0.717) is 18.4 Å². The van der Waals surface area contributed by atoms with Gasteiger partial charge in [-0.2, -0.15) is 4.98 Å². The zero-order valence-corrected chi connectivity index (χ0v) is 11.3. The fraction of sp³-hybridized carbons (Fsp3) is 0.308. The second kappa shape index (κ2) is 5.99. The fourth-order valence-electron chi connectivity index (χ4n) is 1.60. The molecule has 0 saturated heterocycles. The Labute approximate surface area is 112 Å². The minimum Gasteiger partial charge on any atom is -0.481 e. The second-order valence-electron chi connectivity index (χ2n) is 4.03. The molecule has 0 spiro atoms. The normalized spacial score (nSPS) is 10.1. The lowest BCUT2D eigenvalue weighted by Crippen LogP contribution is -2.05. The Kier molecular flexibility index (Phi) is 4.12. The summed E-state index contributed by atoms with van der Waals surface area (Å²) in [6.07, 6.45) is 1.78. The van der Waals surface area contributed by atoms with Crippen LogP contribution >= 0.6 is 0 Å². The summed E-state index contributed by atoms with van der Waals surface area (Å²) < 4.78 is 5.02. The van der Waals surface area contributed by atoms with Crippen LogP contribution in [-0.2, 0) is 6.54 Å². The Bertz CT molecular complexity index is 541. The van der Waals surface area contributed by atoms with E-state index in [1.165, 1.54) is 0 Å². The van der Waals surface area contributed by atoms with Crippen LogP contribution in [0, 0.1) is 6.92 Å². The number of rotatable bonds is 5. The van der Waals surface area contributed by atoms with Gasteiger partial charge in [-0.15, -0.1) is 0 Å². The van der Waals surface area contributed by atoms with E-state index in [2.05, 4.69) is 25.6 Å². The second-order valence-corrected chi connectivity index (χ2v) is 4.03. The number of aryl methyl sites for hydroxylation is 1. The predicted octanol–water partition coefficient (Wildman–Crippen LogP) is 1.84. The lowest BCUT2D eigenvalue weighted by Gasteiger charge is -2.08. The number of nitrogens with zero attached hydrogens (tertiary/aromatic N) is 3. The van der Waals surface area contributed by atoms with Crippen LogP contribution in [0.3, 0.4) is 0 Å². The Morgan fingerprint density at radius 1 is 1.26 bits per heavy atom. The standard InChI is InChI=1S/C13H17N5O/c1-9-6-11(18-13(14-2)17-9)15-7-10-4-5-12(19-3)16-8-10/h4-6,8H,7H2,1-3H3,(H2,14,15,17,18). The van der Waals surface area contributed by atoms with Crippen molar-refractivity contribution in [1.82, 2.24) is 15.0 Å². The first kappa shape index (κ1) is 13.1. The third kappa shape index (κ3) is 3.54. The molecule has 0 amide bonds. The zero-order valence-electron chi connectivity index (χ0n) is 11.3. The molecule has 0 bridgehead atoms. The number of nitrogens with one attached hydrogen (secondary N) is 2. The highest BCUT2D eigenvalue weighted by Gasteiger charge is 2.01. The van der Waals surface area contributed by atoms with Crippen LogP contribution in [-0.4, -0.2) is 29.1 Å². The zero-order chi connectivity index (χ0) is 13.7. The van der Waals surface area contributed by atoms with E-state index in [1.54, 1.807) is 20.4 Å². The molecule has 2 heterocycles. The molecule has 0 saturated carbocycles. The van der Waals surface area contributed by atoms with Crippen LogP contribution in [0.25, 0.3) is 0 Å². The highest BCUT2D eigenvalue weighted by Crippen LogP contribution is 2.12. The molecule has 6 heteroatoms. The molecule has 2 aromatic rings. The molecule has 0 atom stereocenters. The lowest BCUT2D eigenvalue weighted by atomic mass is 10.3. The molecule has 6 nitrogen and oxygen atoms in total. The number of hydrogen-bond donors (Lipinski definition) is 2. The van der Waals surface area contributed by atoms with Crippen molar-refractivity contribution in [3.8, 4) is 5.88 Å². The van der Waals surface area contributed by atoms with Gasteiger partial charge in [-0.3, -0.25) is 0 Å². The molecule has 19 heavy (non-hydrogen) atoms. The van der Waals surface area contributed by atoms with Crippen LogP contribution in [0.4, 0.5) is 11.8 Å². The quantitative estimate of drug-likeness (QED) is 0.853. The number of aromatic nitrogens is 3. The van der Waals surface area contributed by atoms with Gasteiger partial charge in [0, 0.05) is 37.6 Å². The van der Waals surface area contributed by atoms with Gasteiger partial charge in [0.15, 0.2) is 0 Å². The largest absolute Gasteiger partial charge is 0.481 e. The van der Waals surface area contributed by atoms with Gasteiger partial charge in [-0.1, -0.05) is 6.07 Å². The van der Waals surface area contributed by atoms with Gasteiger partial charge in [-0.25, -0.2) is 9.97 Å². The lowest BCUT2D eigenvalue weighted by molar-refractivity contribution is 0.397. The molecule has 100 valence electrons. The highest BCUT2D eigenvalue weighted by molar-refractivity contribution is 5.42. The monoisotopic (exact) mass is 259 g/mol. The maximum atomic E-state index is 5.02. The smallest absolute Gasteiger partial charge is 0.224 e. The van der Waals surface area contributed by atoms with Gasteiger partial charge in [0.05, 0.1) is 7.11 Å². The van der Waals surface area contributed by atoms with Gasteiger partial charge in [0.25, 0.3) is 0 Å². The third-order valence-corrected chi connectivity index (χ3v) is 2.56. The van der Waals surface area contributed by atoms with Gasteiger partial charge >= 0.3 is 0 Å². The maximum absolute atomic E-state index is 5.02. The molecular formula is C13H17N5O. The summed E-state index contributed by atoms with van der Waals surface area (Å²) in [4.78, 5) is 12.7. The van der Waals surface area contributed by atoms with Crippen LogP contribution in [0.5, 0.6) is 5.88 Å². The topological polar surface area (TPSA) is 72.0 Å². The van der Waals surface area contributed by atoms with Crippen molar-refractivity contribution in [2.45, 2.75) is 13.5 Å². The molecular weight excluding hydrogens is 242 g/mol. The Hall–Kier alpha value is -2.37. The SMILES string of the molecule is CNc1nc(C)cc(NCc2ccc(OC)nc2)n1. The average Bonchev–Trinajstić information content (AvgIpc) is 2.45. The van der Waals surface area contributed by atoms with E-state index in [9.17, 15) is 0 Å². The molecule has 0 unspecified atom stereocenters. The molecule has 0 aliphatic rings. The summed E-state index contributed by atoms with van der Waals surface area (Å²) in [5, 5.41) is 6.17. The first-order valence-corrected chi connectivity index (χ1v) is 5.97.